The minimum atomic E-state index is -0.146. The Labute approximate surface area is 337 Å². The third-order valence-corrected chi connectivity index (χ3v) is 14.9. The number of rotatable bonds is 24. The molecular formula is C48H61NO2S3. The minimum absolute atomic E-state index is 0.146. The second kappa shape index (κ2) is 20.7. The summed E-state index contributed by atoms with van der Waals surface area (Å²) in [5.41, 5.74) is 5.61. The van der Waals surface area contributed by atoms with Crippen molar-refractivity contribution in [2.75, 3.05) is 6.54 Å². The van der Waals surface area contributed by atoms with Gasteiger partial charge in [-0.15, -0.1) is 34.0 Å². The molecule has 288 valence electrons. The molecule has 0 saturated heterocycles. The Morgan fingerprint density at radius 1 is 0.481 bits per heavy atom. The Balaban J connectivity index is 1.30. The molecule has 0 spiro atoms. The van der Waals surface area contributed by atoms with Crippen LogP contribution in [0.5, 0.6) is 0 Å². The van der Waals surface area contributed by atoms with Gasteiger partial charge in [-0.05, 0) is 89.9 Å². The molecule has 0 N–H and O–H groups in total. The van der Waals surface area contributed by atoms with E-state index in [-0.39, 0.29) is 11.8 Å². The van der Waals surface area contributed by atoms with Gasteiger partial charge in [0.25, 0.3) is 11.8 Å². The normalized spacial score (nSPS) is 12.8. The minimum Gasteiger partial charge on any atom is -0.274 e. The van der Waals surface area contributed by atoms with E-state index in [1.807, 2.05) is 52.2 Å². The van der Waals surface area contributed by atoms with Crippen LogP contribution >= 0.6 is 34.0 Å². The van der Waals surface area contributed by atoms with Crippen molar-refractivity contribution in [2.45, 2.75) is 149 Å². The summed E-state index contributed by atoms with van der Waals surface area (Å²) in [4.78, 5) is 35.9. The molecule has 54 heavy (non-hydrogen) atoms. The lowest BCUT2D eigenvalue weighted by atomic mass is 9.90. The smallest absolute Gasteiger partial charge is 0.261 e. The van der Waals surface area contributed by atoms with E-state index in [0.29, 0.717) is 17.7 Å². The van der Waals surface area contributed by atoms with Gasteiger partial charge in [-0.25, -0.2) is 0 Å². The predicted octanol–water partition coefficient (Wildman–Crippen LogP) is 15.8. The maximum Gasteiger partial charge on any atom is 0.261 e. The molecule has 0 atom stereocenters. The van der Waals surface area contributed by atoms with Crippen LogP contribution in [0, 0.1) is 0 Å². The van der Waals surface area contributed by atoms with Crippen molar-refractivity contribution in [3.05, 3.63) is 82.2 Å². The largest absolute Gasteiger partial charge is 0.274 e. The average Bonchev–Trinajstić information content (AvgIpc) is 3.97. The monoisotopic (exact) mass is 779 g/mol. The van der Waals surface area contributed by atoms with E-state index < -0.39 is 0 Å². The van der Waals surface area contributed by atoms with Crippen molar-refractivity contribution in [3.8, 4) is 29.9 Å². The summed E-state index contributed by atoms with van der Waals surface area (Å²) in [6, 6.07) is 19.2. The number of benzene rings is 2. The van der Waals surface area contributed by atoms with E-state index in [4.69, 9.17) is 0 Å². The molecule has 0 aliphatic carbocycles. The van der Waals surface area contributed by atoms with Crippen LogP contribution in [0.25, 0.3) is 40.7 Å². The molecule has 5 aromatic rings. The van der Waals surface area contributed by atoms with Gasteiger partial charge < -0.3 is 0 Å². The summed E-state index contributed by atoms with van der Waals surface area (Å²) in [5, 5.41) is 4.04. The Morgan fingerprint density at radius 3 is 1.63 bits per heavy atom. The summed E-state index contributed by atoms with van der Waals surface area (Å²) in [6.07, 6.45) is 24.8. The zero-order chi connectivity index (χ0) is 37.7. The van der Waals surface area contributed by atoms with Crippen molar-refractivity contribution >= 4 is 56.6 Å². The number of imide groups is 1. The molecule has 6 heteroatoms. The van der Waals surface area contributed by atoms with Gasteiger partial charge in [0.05, 0.1) is 0 Å². The number of hydrogen-bond acceptors (Lipinski definition) is 5. The van der Waals surface area contributed by atoms with E-state index in [1.54, 1.807) is 11.1 Å². The molecule has 1 aliphatic rings. The third kappa shape index (κ3) is 9.65. The fourth-order valence-corrected chi connectivity index (χ4v) is 11.7. The summed E-state index contributed by atoms with van der Waals surface area (Å²) in [6.45, 7) is 7.30. The lowest BCUT2D eigenvalue weighted by molar-refractivity contribution is 0.0607. The molecule has 0 radical (unpaired) electrons. The predicted molar refractivity (Wildman–Crippen MR) is 237 cm³/mol. The molecule has 1 aliphatic heterocycles. The van der Waals surface area contributed by atoms with Crippen molar-refractivity contribution in [3.63, 3.8) is 0 Å². The SMILES string of the molecule is CCCCCCCCc1c(-c2cccs2)sc(-c2ccc(-c3ccc4c5c(cccc35)C(=O)N(CCCCCCCC)C4=O)s2)c1CCCCCCCC. The number of hydrogen-bond donors (Lipinski definition) is 0. The lowest BCUT2D eigenvalue weighted by Gasteiger charge is -2.27. The Bertz CT molecular complexity index is 1930. The van der Waals surface area contributed by atoms with Crippen LogP contribution in [0.2, 0.25) is 0 Å². The van der Waals surface area contributed by atoms with Gasteiger partial charge in [0.15, 0.2) is 0 Å². The molecule has 6 rings (SSSR count). The first kappa shape index (κ1) is 40.6. The van der Waals surface area contributed by atoms with Crippen LogP contribution < -0.4 is 0 Å². The highest BCUT2D eigenvalue weighted by molar-refractivity contribution is 7.27. The summed E-state index contributed by atoms with van der Waals surface area (Å²) >= 11 is 5.75. The summed E-state index contributed by atoms with van der Waals surface area (Å²) in [7, 11) is 0. The summed E-state index contributed by atoms with van der Waals surface area (Å²) < 4.78 is 0. The van der Waals surface area contributed by atoms with Gasteiger partial charge in [0.1, 0.15) is 0 Å². The van der Waals surface area contributed by atoms with Crippen molar-refractivity contribution in [1.29, 1.82) is 0 Å². The van der Waals surface area contributed by atoms with Gasteiger partial charge >= 0.3 is 0 Å². The number of unbranched alkanes of at least 4 members (excludes halogenated alkanes) is 15. The second-order valence-corrected chi connectivity index (χ2v) is 18.4. The van der Waals surface area contributed by atoms with Crippen LogP contribution in [0.4, 0.5) is 0 Å². The fraction of sp³-hybridized carbons (Fsp3) is 0.500. The van der Waals surface area contributed by atoms with Gasteiger partial charge in [-0.2, -0.15) is 0 Å². The van der Waals surface area contributed by atoms with Crippen LogP contribution in [0.1, 0.15) is 168 Å². The first-order valence-electron chi connectivity index (χ1n) is 21.3. The number of carbonyl (C=O) groups is 2. The topological polar surface area (TPSA) is 37.4 Å². The highest BCUT2D eigenvalue weighted by atomic mass is 32.1. The molecule has 2 aromatic carbocycles. The Kier molecular flexibility index (Phi) is 15.6. The molecule has 0 saturated carbocycles. The van der Waals surface area contributed by atoms with E-state index in [9.17, 15) is 9.59 Å². The van der Waals surface area contributed by atoms with Gasteiger partial charge in [-0.3, -0.25) is 14.5 Å². The molecule has 0 fully saturated rings. The third-order valence-electron chi connectivity index (χ3n) is 11.2. The first-order chi connectivity index (χ1) is 26.6. The lowest BCUT2D eigenvalue weighted by Crippen LogP contribution is -2.40. The van der Waals surface area contributed by atoms with Crippen LogP contribution in [0.3, 0.4) is 0 Å². The Hall–Kier alpha value is -3.06. The molecule has 3 aromatic heterocycles. The van der Waals surface area contributed by atoms with Crippen molar-refractivity contribution in [1.82, 2.24) is 4.90 Å². The zero-order valence-electron chi connectivity index (χ0n) is 33.1. The Morgan fingerprint density at radius 2 is 1.02 bits per heavy atom. The van der Waals surface area contributed by atoms with Gasteiger partial charge in [0.2, 0.25) is 0 Å². The van der Waals surface area contributed by atoms with Crippen molar-refractivity contribution in [2.24, 2.45) is 0 Å². The number of nitrogens with zero attached hydrogens (tertiary/aromatic N) is 1. The van der Waals surface area contributed by atoms with Crippen LogP contribution in [0.15, 0.2) is 60.0 Å². The summed E-state index contributed by atoms with van der Waals surface area (Å²) in [5.74, 6) is -0.291. The maximum absolute atomic E-state index is 13.8. The van der Waals surface area contributed by atoms with E-state index in [0.717, 1.165) is 48.4 Å². The highest BCUT2D eigenvalue weighted by Gasteiger charge is 2.33. The maximum atomic E-state index is 13.8. The second-order valence-electron chi connectivity index (χ2n) is 15.3. The quantitative estimate of drug-likeness (QED) is 0.0462. The van der Waals surface area contributed by atoms with Crippen molar-refractivity contribution < 1.29 is 9.59 Å². The standard InChI is InChI=1S/C48H61NO2S3/c1-4-7-10-13-16-19-24-37-38(25-20-17-14-11-8-5-2)46(54-45(37)42-28-23-34-52-42)43-32-31-41(53-43)35-29-30-40-44-36(35)26-22-27-39(44)47(50)49(48(40)51)33-21-18-15-12-9-6-3/h22-23,26-32,34H,4-21,24-25,33H2,1-3H3. The number of carbonyl (C=O) groups excluding carboxylic acids is 2. The van der Waals surface area contributed by atoms with Crippen LogP contribution in [-0.4, -0.2) is 23.3 Å². The molecule has 4 heterocycles. The average molecular weight is 780 g/mol. The molecule has 0 bridgehead atoms. The fourth-order valence-electron chi connectivity index (χ4n) is 8.22. The molecule has 2 amide bonds. The number of thiophene rings is 3. The zero-order valence-corrected chi connectivity index (χ0v) is 35.6. The van der Waals surface area contributed by atoms with E-state index in [1.165, 1.54) is 126 Å². The van der Waals surface area contributed by atoms with Crippen LogP contribution in [-0.2, 0) is 12.8 Å². The molecule has 3 nitrogen and oxygen atoms in total. The molecule has 0 unspecified atom stereocenters. The first-order valence-corrected chi connectivity index (χ1v) is 23.8. The highest BCUT2D eigenvalue weighted by Crippen LogP contribution is 2.49. The van der Waals surface area contributed by atoms with E-state index >= 15 is 0 Å². The number of amides is 2. The molecular weight excluding hydrogens is 719 g/mol. The van der Waals surface area contributed by atoms with E-state index in [2.05, 4.69) is 62.5 Å². The van der Waals surface area contributed by atoms with Gasteiger partial charge in [-0.1, -0.05) is 141 Å². The van der Waals surface area contributed by atoms with Gasteiger partial charge in [0, 0.05) is 47.4 Å².